The second kappa shape index (κ2) is 12.7. The van der Waals surface area contributed by atoms with Gasteiger partial charge >= 0.3 is 5.97 Å². The number of carbonyl (C=O) groups is 1. The van der Waals surface area contributed by atoms with Crippen molar-refractivity contribution in [3.63, 3.8) is 0 Å². The number of hydrogen-bond donors (Lipinski definition) is 2. The van der Waals surface area contributed by atoms with Gasteiger partial charge in [0, 0.05) is 25.1 Å². The molecule has 0 saturated heterocycles. The summed E-state index contributed by atoms with van der Waals surface area (Å²) in [5.41, 5.74) is 3.57. The second-order valence-electron chi connectivity index (χ2n) is 8.55. The molecule has 0 aliphatic rings. The minimum Gasteiger partial charge on any atom is -0.493 e. The molecule has 3 rings (SSSR count). The number of aromatic nitrogens is 1. The van der Waals surface area contributed by atoms with Gasteiger partial charge in [-0.3, -0.25) is 4.79 Å². The molecule has 1 heterocycles. The van der Waals surface area contributed by atoms with Crippen LogP contribution in [0.4, 0.5) is 0 Å². The number of rotatable bonds is 14. The van der Waals surface area contributed by atoms with E-state index in [2.05, 4.69) is 9.71 Å². The van der Waals surface area contributed by atoms with Crippen molar-refractivity contribution in [1.82, 2.24) is 14.0 Å². The molecule has 0 aliphatic carbocycles. The molecule has 0 spiro atoms. The predicted molar refractivity (Wildman–Crippen MR) is 137 cm³/mol. The lowest BCUT2D eigenvalue weighted by atomic mass is 10.1. The third kappa shape index (κ3) is 7.91. The van der Waals surface area contributed by atoms with Crippen molar-refractivity contribution in [2.45, 2.75) is 46.6 Å². The van der Waals surface area contributed by atoms with Crippen LogP contribution in [-0.2, 0) is 28.0 Å². The number of ether oxygens (including phenoxy) is 1. The Morgan fingerprint density at radius 1 is 1.11 bits per heavy atom. The highest BCUT2D eigenvalue weighted by atomic mass is 32.2. The highest BCUT2D eigenvalue weighted by Crippen LogP contribution is 2.23. The molecule has 1 aromatic heterocycles. The summed E-state index contributed by atoms with van der Waals surface area (Å²) < 4.78 is 40.1. The highest BCUT2D eigenvalue weighted by Gasteiger charge is 2.24. The molecule has 0 amide bonds. The Kier molecular flexibility index (Phi) is 9.63. The van der Waals surface area contributed by atoms with E-state index in [0.29, 0.717) is 36.7 Å². The molecule has 2 N–H and O–H groups in total. The zero-order valence-corrected chi connectivity index (χ0v) is 21.7. The molecular formula is C26H33N3O6S. The fraction of sp³-hybridized carbons (Fsp3) is 0.385. The first-order chi connectivity index (χ1) is 17.2. The molecule has 10 heteroatoms. The third-order valence-corrected chi connectivity index (χ3v) is 7.05. The summed E-state index contributed by atoms with van der Waals surface area (Å²) in [5.74, 6) is 0.727. The van der Waals surface area contributed by atoms with Gasteiger partial charge in [0.25, 0.3) is 10.2 Å². The summed E-state index contributed by atoms with van der Waals surface area (Å²) in [5, 5.41) is 9.16. The van der Waals surface area contributed by atoms with E-state index >= 15 is 0 Å². The van der Waals surface area contributed by atoms with E-state index in [1.165, 1.54) is 5.56 Å². The maximum Gasteiger partial charge on any atom is 0.318 e. The highest BCUT2D eigenvalue weighted by molar-refractivity contribution is 7.87. The standard InChI is InChI=1S/C26H33N3O6S/c1-4-5-15-27-36(32,33)29(18-25(30)31)17-21-8-12-23(13-9-21)34-16-14-24-20(3)35-26(28-24)22-10-6-19(2)7-11-22/h6-13,27H,4-5,14-18H2,1-3H3,(H,30,31). The van der Waals surface area contributed by atoms with Gasteiger partial charge < -0.3 is 14.3 Å². The number of nitrogens with zero attached hydrogens (tertiary/aromatic N) is 2. The van der Waals surface area contributed by atoms with Crippen molar-refractivity contribution in [3.8, 4) is 17.2 Å². The monoisotopic (exact) mass is 515 g/mol. The lowest BCUT2D eigenvalue weighted by Crippen LogP contribution is -2.43. The summed E-state index contributed by atoms with van der Waals surface area (Å²) in [6.07, 6.45) is 2.07. The molecule has 194 valence electrons. The first kappa shape index (κ1) is 27.4. The molecule has 0 fully saturated rings. The lowest BCUT2D eigenvalue weighted by Gasteiger charge is -2.21. The van der Waals surface area contributed by atoms with Crippen LogP contribution in [0.2, 0.25) is 0 Å². The van der Waals surface area contributed by atoms with Crippen LogP contribution in [0.15, 0.2) is 52.9 Å². The van der Waals surface area contributed by atoms with Crippen molar-refractivity contribution < 1.29 is 27.5 Å². The Morgan fingerprint density at radius 3 is 2.44 bits per heavy atom. The van der Waals surface area contributed by atoms with Gasteiger partial charge in [-0.2, -0.15) is 12.7 Å². The molecule has 36 heavy (non-hydrogen) atoms. The SMILES string of the molecule is CCCCNS(=O)(=O)N(CC(=O)O)Cc1ccc(OCCc2nc(-c3ccc(C)cc3)oc2C)cc1. The van der Waals surface area contributed by atoms with Gasteiger partial charge in [-0.25, -0.2) is 9.71 Å². The zero-order chi connectivity index (χ0) is 26.1. The van der Waals surface area contributed by atoms with Crippen LogP contribution in [0.5, 0.6) is 5.75 Å². The van der Waals surface area contributed by atoms with E-state index in [1.807, 2.05) is 45.0 Å². The number of aliphatic carboxylic acids is 1. The Hall–Kier alpha value is -3.21. The Bertz CT molecular complexity index is 1240. The third-order valence-electron chi connectivity index (χ3n) is 5.55. The Labute approximate surface area is 212 Å². The first-order valence-electron chi connectivity index (χ1n) is 11.9. The number of benzene rings is 2. The van der Waals surface area contributed by atoms with E-state index < -0.39 is 22.7 Å². The average Bonchev–Trinajstić information content (AvgIpc) is 3.20. The van der Waals surface area contributed by atoms with Crippen LogP contribution in [-0.4, -0.2) is 48.5 Å². The minimum absolute atomic E-state index is 0.0615. The van der Waals surface area contributed by atoms with Crippen molar-refractivity contribution in [2.75, 3.05) is 19.7 Å². The van der Waals surface area contributed by atoms with Crippen molar-refractivity contribution in [1.29, 1.82) is 0 Å². The van der Waals surface area contributed by atoms with Crippen molar-refractivity contribution in [2.24, 2.45) is 0 Å². The van der Waals surface area contributed by atoms with E-state index in [4.69, 9.17) is 14.3 Å². The normalized spacial score (nSPS) is 11.7. The molecule has 0 saturated carbocycles. The molecular weight excluding hydrogens is 482 g/mol. The molecule has 0 bridgehead atoms. The number of nitrogens with one attached hydrogen (secondary N) is 1. The van der Waals surface area contributed by atoms with Gasteiger partial charge in [0.1, 0.15) is 18.1 Å². The van der Waals surface area contributed by atoms with Gasteiger partial charge in [-0.15, -0.1) is 0 Å². The number of carboxylic acid groups (broad SMARTS) is 1. The summed E-state index contributed by atoms with van der Waals surface area (Å²) in [7, 11) is -3.91. The summed E-state index contributed by atoms with van der Waals surface area (Å²) in [6, 6.07) is 14.9. The zero-order valence-electron chi connectivity index (χ0n) is 20.9. The predicted octanol–water partition coefficient (Wildman–Crippen LogP) is 4.10. The van der Waals surface area contributed by atoms with E-state index in [9.17, 15) is 13.2 Å². The minimum atomic E-state index is -3.91. The maximum atomic E-state index is 12.5. The fourth-order valence-corrected chi connectivity index (χ4v) is 4.67. The number of aryl methyl sites for hydroxylation is 2. The van der Waals surface area contributed by atoms with E-state index in [0.717, 1.165) is 27.7 Å². The molecule has 3 aromatic rings. The first-order valence-corrected chi connectivity index (χ1v) is 13.3. The van der Waals surface area contributed by atoms with Crippen LogP contribution in [0.1, 0.15) is 42.3 Å². The summed E-state index contributed by atoms with van der Waals surface area (Å²) in [4.78, 5) is 15.8. The van der Waals surface area contributed by atoms with E-state index in [1.54, 1.807) is 24.3 Å². The molecule has 0 aliphatic heterocycles. The molecule has 0 unspecified atom stereocenters. The van der Waals surface area contributed by atoms with Gasteiger partial charge in [0.05, 0.1) is 12.3 Å². The molecule has 0 radical (unpaired) electrons. The Balaban J connectivity index is 1.57. The molecule has 2 aromatic carbocycles. The van der Waals surface area contributed by atoms with Gasteiger partial charge in [0.2, 0.25) is 5.89 Å². The number of unbranched alkanes of at least 4 members (excludes halogenated alkanes) is 1. The van der Waals surface area contributed by atoms with Crippen LogP contribution >= 0.6 is 0 Å². The van der Waals surface area contributed by atoms with Crippen molar-refractivity contribution >= 4 is 16.2 Å². The quantitative estimate of drug-likeness (QED) is 0.310. The number of oxazole rings is 1. The van der Waals surface area contributed by atoms with Crippen molar-refractivity contribution in [3.05, 3.63) is 71.1 Å². The topological polar surface area (TPSA) is 122 Å². The number of hydrogen-bond acceptors (Lipinski definition) is 6. The molecule has 9 nitrogen and oxygen atoms in total. The van der Waals surface area contributed by atoms with Gasteiger partial charge in [-0.1, -0.05) is 43.2 Å². The van der Waals surface area contributed by atoms with Gasteiger partial charge in [-0.05, 0) is 50.1 Å². The van der Waals surface area contributed by atoms with Crippen LogP contribution < -0.4 is 9.46 Å². The average molecular weight is 516 g/mol. The van der Waals surface area contributed by atoms with Crippen LogP contribution in [0.3, 0.4) is 0 Å². The van der Waals surface area contributed by atoms with Gasteiger partial charge in [0.15, 0.2) is 0 Å². The smallest absolute Gasteiger partial charge is 0.318 e. The largest absolute Gasteiger partial charge is 0.493 e. The fourth-order valence-electron chi connectivity index (χ4n) is 3.49. The lowest BCUT2D eigenvalue weighted by molar-refractivity contribution is -0.137. The summed E-state index contributed by atoms with van der Waals surface area (Å²) in [6.45, 7) is 5.82. The van der Waals surface area contributed by atoms with Crippen LogP contribution in [0.25, 0.3) is 11.5 Å². The molecule has 0 atom stereocenters. The van der Waals surface area contributed by atoms with Crippen LogP contribution in [0, 0.1) is 13.8 Å². The maximum absolute atomic E-state index is 12.5. The Morgan fingerprint density at radius 2 is 1.81 bits per heavy atom. The second-order valence-corrected chi connectivity index (χ2v) is 10.3. The van der Waals surface area contributed by atoms with E-state index in [-0.39, 0.29) is 13.1 Å². The number of carboxylic acids is 1. The summed E-state index contributed by atoms with van der Waals surface area (Å²) >= 11 is 0.